The van der Waals surface area contributed by atoms with Gasteiger partial charge in [0.25, 0.3) is 5.91 Å². The second kappa shape index (κ2) is 21.2. The second-order valence-electron chi connectivity index (χ2n) is 18.9. The van der Waals surface area contributed by atoms with Crippen LogP contribution in [0.1, 0.15) is 90.5 Å². The van der Waals surface area contributed by atoms with E-state index in [1.165, 1.54) is 25.3 Å². The minimum atomic E-state index is -4.84. The molecule has 1 saturated heterocycles. The molecule has 5 aromatic rings. The Hall–Kier alpha value is -7.29. The molecule has 1 saturated carbocycles. The number of benzene rings is 3. The average molecular weight is 1000 g/mol. The summed E-state index contributed by atoms with van der Waals surface area (Å²) in [5.41, 5.74) is 7.38. The molecule has 21 heteroatoms. The molecule has 2 aliphatic carbocycles. The van der Waals surface area contributed by atoms with Gasteiger partial charge in [0.2, 0.25) is 0 Å². The van der Waals surface area contributed by atoms with Crippen molar-refractivity contribution >= 4 is 29.6 Å². The van der Waals surface area contributed by atoms with E-state index in [1.54, 1.807) is 37.4 Å². The van der Waals surface area contributed by atoms with Gasteiger partial charge in [0.15, 0.2) is 40.2 Å². The monoisotopic (exact) mass is 1000 g/mol. The molecular formula is C51H59F3N8O10. The van der Waals surface area contributed by atoms with Gasteiger partial charge in [-0.25, -0.2) is 14.3 Å². The number of piperazine rings is 1. The van der Waals surface area contributed by atoms with Crippen LogP contribution in [0.25, 0.3) is 28.1 Å². The Balaban J connectivity index is 0.801. The molecule has 72 heavy (non-hydrogen) atoms. The zero-order valence-corrected chi connectivity index (χ0v) is 41.1. The normalized spacial score (nSPS) is 18.0. The molecule has 0 atom stereocenters. The number of hydrogen-bond acceptors (Lipinski definition) is 14. The summed E-state index contributed by atoms with van der Waals surface area (Å²) in [5, 5.41) is 14.1. The first-order valence-corrected chi connectivity index (χ1v) is 23.8. The molecule has 2 aromatic heterocycles. The SMILES string of the molecule is CCc1cc(-c2oncc2-c2ccc(OC)c(OC(=O)N3CCN(CCNC(=O)OC4CCC(Nc5cc(-n6nc(C(F)(F)F)c7c6CC(C)(C)CC7=O)ccc5C(N)=O)CC4)CC3)c2)cc(OC)c1OC. The van der Waals surface area contributed by atoms with Gasteiger partial charge in [0.1, 0.15) is 6.10 Å². The number of amides is 3. The largest absolute Gasteiger partial charge is 0.493 e. The van der Waals surface area contributed by atoms with Crippen molar-refractivity contribution in [1.82, 2.24) is 30.1 Å². The number of aryl methyl sites for hydroxylation is 1. The van der Waals surface area contributed by atoms with Crippen LogP contribution < -0.4 is 35.3 Å². The minimum Gasteiger partial charge on any atom is -0.493 e. The van der Waals surface area contributed by atoms with Gasteiger partial charge in [-0.15, -0.1) is 0 Å². The van der Waals surface area contributed by atoms with Crippen LogP contribution in [0.2, 0.25) is 0 Å². The summed E-state index contributed by atoms with van der Waals surface area (Å²) < 4.78 is 77.6. The number of fused-ring (bicyclic) bond motifs is 1. The first-order chi connectivity index (χ1) is 34.4. The Labute approximate surface area is 414 Å². The van der Waals surface area contributed by atoms with Crippen molar-refractivity contribution in [3.63, 3.8) is 0 Å². The van der Waals surface area contributed by atoms with Gasteiger partial charge in [-0.05, 0) is 97.5 Å². The number of nitrogens with one attached hydrogen (secondary N) is 2. The number of carbonyl (C=O) groups is 4. The lowest BCUT2D eigenvalue weighted by molar-refractivity contribution is -0.141. The van der Waals surface area contributed by atoms with Gasteiger partial charge < -0.3 is 49.5 Å². The summed E-state index contributed by atoms with van der Waals surface area (Å²) in [7, 11) is 4.67. The Kier molecular flexibility index (Phi) is 15.0. The molecule has 0 unspecified atom stereocenters. The smallest absolute Gasteiger partial charge is 0.435 e. The van der Waals surface area contributed by atoms with Crippen LogP contribution >= 0.6 is 0 Å². The lowest BCUT2D eigenvalue weighted by Gasteiger charge is -2.34. The fourth-order valence-electron chi connectivity index (χ4n) is 9.74. The Morgan fingerprint density at radius 3 is 2.28 bits per heavy atom. The number of primary amides is 1. The number of alkyl carbamates (subject to hydrolysis) is 1. The molecule has 4 N–H and O–H groups in total. The zero-order valence-electron chi connectivity index (χ0n) is 41.1. The lowest BCUT2D eigenvalue weighted by atomic mass is 9.75. The fraction of sp³-hybridized carbons (Fsp3) is 0.451. The molecule has 3 heterocycles. The van der Waals surface area contributed by atoms with Crippen molar-refractivity contribution in [3.8, 4) is 51.1 Å². The molecule has 3 amide bonds. The summed E-state index contributed by atoms with van der Waals surface area (Å²) in [5.74, 6) is 0.962. The summed E-state index contributed by atoms with van der Waals surface area (Å²) in [6.07, 6.45) is -1.68. The number of methoxy groups -OCH3 is 3. The van der Waals surface area contributed by atoms with E-state index in [9.17, 15) is 32.3 Å². The predicted molar refractivity (Wildman–Crippen MR) is 258 cm³/mol. The van der Waals surface area contributed by atoms with Crippen molar-refractivity contribution < 1.29 is 60.6 Å². The average Bonchev–Trinajstić information content (AvgIpc) is 4.00. The molecule has 0 bridgehead atoms. The van der Waals surface area contributed by atoms with Crippen LogP contribution in [0.3, 0.4) is 0 Å². The molecule has 8 rings (SSSR count). The number of hydrogen-bond donors (Lipinski definition) is 3. The number of alkyl halides is 3. The van der Waals surface area contributed by atoms with Gasteiger partial charge in [-0.1, -0.05) is 32.0 Å². The topological polar surface area (TPSA) is 215 Å². The van der Waals surface area contributed by atoms with E-state index < -0.39 is 46.7 Å². The van der Waals surface area contributed by atoms with Gasteiger partial charge in [0, 0.05) is 68.5 Å². The number of aromatic nitrogens is 3. The summed E-state index contributed by atoms with van der Waals surface area (Å²) in [6, 6.07) is 13.3. The third-order valence-corrected chi connectivity index (χ3v) is 13.4. The fourth-order valence-corrected chi connectivity index (χ4v) is 9.74. The van der Waals surface area contributed by atoms with Crippen molar-refractivity contribution in [2.75, 3.05) is 65.9 Å². The minimum absolute atomic E-state index is 0.0371. The maximum Gasteiger partial charge on any atom is 0.435 e. The first-order valence-electron chi connectivity index (χ1n) is 23.8. The van der Waals surface area contributed by atoms with E-state index in [1.807, 2.05) is 39.0 Å². The summed E-state index contributed by atoms with van der Waals surface area (Å²) >= 11 is 0. The molecule has 18 nitrogen and oxygen atoms in total. The van der Waals surface area contributed by atoms with Crippen LogP contribution in [0, 0.1) is 5.41 Å². The number of anilines is 1. The highest BCUT2D eigenvalue weighted by Gasteiger charge is 2.45. The number of halogens is 3. The zero-order chi connectivity index (χ0) is 51.5. The number of Topliss-reactive ketones (excluding diaryl/α,β-unsaturated/α-hetero) is 1. The van der Waals surface area contributed by atoms with E-state index >= 15 is 0 Å². The van der Waals surface area contributed by atoms with Gasteiger partial charge >= 0.3 is 18.4 Å². The Bertz CT molecular complexity index is 2800. The third-order valence-electron chi connectivity index (χ3n) is 13.4. The molecular weight excluding hydrogens is 942 g/mol. The maximum absolute atomic E-state index is 14.1. The van der Waals surface area contributed by atoms with E-state index in [2.05, 4.69) is 25.8 Å². The van der Waals surface area contributed by atoms with Crippen LogP contribution in [0.5, 0.6) is 23.0 Å². The second-order valence-corrected chi connectivity index (χ2v) is 18.9. The number of rotatable bonds is 15. The molecule has 3 aliphatic rings. The first kappa shape index (κ1) is 51.1. The quantitative estimate of drug-likeness (QED) is 0.0900. The van der Waals surface area contributed by atoms with Crippen LogP contribution in [0.4, 0.5) is 28.4 Å². The van der Waals surface area contributed by atoms with E-state index in [0.717, 1.165) is 15.8 Å². The standard InChI is InChI=1S/C51H59F3N8O10/c1-7-29-22-31(24-42(68-5)45(29)69-6)44-36(28-57-72-44)30-8-15-40(67-4)41(23-30)71-49(66)61-20-18-60(19-21-61)17-16-56-48(65)70-34-12-9-32(10-13-34)58-37-25-33(11-14-35(37)47(55)64)62-38-26-50(2,3)27-39(63)43(38)46(59-62)51(52,53)54/h8,11,14-15,22-25,28,32,34,58H,7,9-10,12-13,16-21,26-27H2,1-6H3,(H2,55,64)(H,56,65). The number of ether oxygens (including phenoxy) is 5. The molecule has 0 spiro atoms. The lowest BCUT2D eigenvalue weighted by Crippen LogP contribution is -2.51. The highest BCUT2D eigenvalue weighted by molar-refractivity contribution is 6.01. The Morgan fingerprint density at radius 1 is 0.889 bits per heavy atom. The molecule has 0 radical (unpaired) electrons. The summed E-state index contributed by atoms with van der Waals surface area (Å²) in [6.45, 7) is 8.39. The van der Waals surface area contributed by atoms with Crippen LogP contribution in [-0.4, -0.2) is 121 Å². The number of nitrogens with zero attached hydrogens (tertiary/aromatic N) is 5. The van der Waals surface area contributed by atoms with Crippen molar-refractivity contribution in [1.29, 1.82) is 0 Å². The molecule has 3 aromatic carbocycles. The highest BCUT2D eigenvalue weighted by Crippen LogP contribution is 2.44. The third kappa shape index (κ3) is 11.1. The van der Waals surface area contributed by atoms with Gasteiger partial charge in [0.05, 0.1) is 50.0 Å². The van der Waals surface area contributed by atoms with E-state index in [0.29, 0.717) is 111 Å². The molecule has 2 fully saturated rings. The van der Waals surface area contributed by atoms with E-state index in [4.69, 9.17) is 33.9 Å². The maximum atomic E-state index is 14.1. The van der Waals surface area contributed by atoms with Crippen molar-refractivity contribution in [2.45, 2.75) is 84.0 Å². The number of carbonyl (C=O) groups excluding carboxylic acids is 4. The van der Waals surface area contributed by atoms with Crippen LogP contribution in [0.15, 0.2) is 59.3 Å². The summed E-state index contributed by atoms with van der Waals surface area (Å²) in [4.78, 5) is 55.5. The predicted octanol–water partition coefficient (Wildman–Crippen LogP) is 8.32. The van der Waals surface area contributed by atoms with E-state index in [-0.39, 0.29) is 47.7 Å². The Morgan fingerprint density at radius 2 is 1.61 bits per heavy atom. The van der Waals surface area contributed by atoms with Gasteiger partial charge in [-0.3, -0.25) is 14.5 Å². The van der Waals surface area contributed by atoms with Gasteiger partial charge in [-0.2, -0.15) is 18.3 Å². The molecule has 1 aliphatic heterocycles. The number of ketones is 1. The number of nitrogens with two attached hydrogens (primary N) is 1. The highest BCUT2D eigenvalue weighted by atomic mass is 19.4. The van der Waals surface area contributed by atoms with Crippen LogP contribution in [-0.2, 0) is 23.8 Å². The van der Waals surface area contributed by atoms with Crippen molar-refractivity contribution in [2.24, 2.45) is 11.1 Å². The van der Waals surface area contributed by atoms with Crippen molar-refractivity contribution in [3.05, 3.63) is 82.8 Å². The molecule has 384 valence electrons.